The van der Waals surface area contributed by atoms with Gasteiger partial charge in [0, 0.05) is 0 Å². The number of carboxylic acid groups (broad SMARTS) is 1. The molecule has 0 unspecified atom stereocenters. The number of aliphatic carboxylic acids is 1. The van der Waals surface area contributed by atoms with Crippen molar-refractivity contribution >= 4 is 44.3 Å². The SMILES string of the molecule is CCOC(=O)c1sc2c(c1C)S(=O)(=O)N(C(C)(C)C(=O)O)C(=O)N2. The molecule has 2 rings (SSSR count). The van der Waals surface area contributed by atoms with E-state index in [-0.39, 0.29) is 31.2 Å². The first-order chi connectivity index (χ1) is 11.0. The Morgan fingerprint density at radius 2 is 1.96 bits per heavy atom. The molecule has 0 saturated heterocycles. The number of anilines is 1. The van der Waals surface area contributed by atoms with Crippen molar-refractivity contribution in [1.29, 1.82) is 0 Å². The first-order valence-corrected chi connectivity index (χ1v) is 9.12. The van der Waals surface area contributed by atoms with E-state index in [1.807, 2.05) is 0 Å². The molecule has 2 heterocycles. The van der Waals surface area contributed by atoms with Crippen molar-refractivity contribution in [3.05, 3.63) is 10.4 Å². The molecule has 24 heavy (non-hydrogen) atoms. The van der Waals surface area contributed by atoms with Gasteiger partial charge < -0.3 is 9.84 Å². The lowest BCUT2D eigenvalue weighted by atomic mass is 10.1. The van der Waals surface area contributed by atoms with Gasteiger partial charge in [0.25, 0.3) is 10.0 Å². The highest BCUT2D eigenvalue weighted by molar-refractivity contribution is 7.90. The number of fused-ring (bicyclic) bond motifs is 1. The summed E-state index contributed by atoms with van der Waals surface area (Å²) in [6, 6.07) is -1.09. The number of carbonyl (C=O) groups excluding carboxylic acids is 2. The standard InChI is InChI=1S/C13H16N2O7S2/c1-5-22-10(16)7-6(2)8-9(23-7)14-12(19)15(24(8,20)21)13(3,4)11(17)18/h5H2,1-4H3,(H,14,19)(H,17,18). The summed E-state index contributed by atoms with van der Waals surface area (Å²) >= 11 is 0.777. The van der Waals surface area contributed by atoms with E-state index >= 15 is 0 Å². The van der Waals surface area contributed by atoms with Crippen LogP contribution in [0.15, 0.2) is 4.90 Å². The third-order valence-electron chi connectivity index (χ3n) is 3.49. The maximum atomic E-state index is 12.8. The van der Waals surface area contributed by atoms with Crippen molar-refractivity contribution in [1.82, 2.24) is 4.31 Å². The van der Waals surface area contributed by atoms with Crippen LogP contribution in [0.25, 0.3) is 0 Å². The molecular formula is C13H16N2O7S2. The zero-order valence-corrected chi connectivity index (χ0v) is 15.0. The predicted molar refractivity (Wildman–Crippen MR) is 84.8 cm³/mol. The molecular weight excluding hydrogens is 360 g/mol. The van der Waals surface area contributed by atoms with Crippen LogP contribution in [0.5, 0.6) is 0 Å². The third-order valence-corrected chi connectivity index (χ3v) is 6.93. The van der Waals surface area contributed by atoms with Gasteiger partial charge in [-0.3, -0.25) is 5.32 Å². The normalized spacial score (nSPS) is 16.3. The number of carboxylic acids is 1. The van der Waals surface area contributed by atoms with Gasteiger partial charge in [-0.2, -0.15) is 4.31 Å². The number of urea groups is 1. The zero-order valence-electron chi connectivity index (χ0n) is 13.4. The minimum atomic E-state index is -4.45. The average Bonchev–Trinajstić information content (AvgIpc) is 2.75. The molecule has 1 aromatic heterocycles. The highest BCUT2D eigenvalue weighted by Crippen LogP contribution is 2.43. The molecule has 2 amide bonds. The smallest absolute Gasteiger partial charge is 0.348 e. The summed E-state index contributed by atoms with van der Waals surface area (Å²) in [4.78, 5) is 35.3. The quantitative estimate of drug-likeness (QED) is 0.764. The van der Waals surface area contributed by atoms with E-state index < -0.39 is 33.5 Å². The van der Waals surface area contributed by atoms with Gasteiger partial charge in [-0.1, -0.05) is 0 Å². The van der Waals surface area contributed by atoms with Crippen LogP contribution in [0.2, 0.25) is 0 Å². The van der Waals surface area contributed by atoms with Crippen molar-refractivity contribution < 1.29 is 32.6 Å². The van der Waals surface area contributed by atoms with Gasteiger partial charge in [0.15, 0.2) is 5.54 Å². The number of esters is 1. The fourth-order valence-electron chi connectivity index (χ4n) is 2.27. The van der Waals surface area contributed by atoms with Crippen molar-refractivity contribution in [3.63, 3.8) is 0 Å². The number of nitrogens with one attached hydrogen (secondary N) is 1. The summed E-state index contributed by atoms with van der Waals surface area (Å²) in [5.41, 5.74) is -1.89. The van der Waals surface area contributed by atoms with Crippen LogP contribution < -0.4 is 5.32 Å². The van der Waals surface area contributed by atoms with Gasteiger partial charge in [-0.25, -0.2) is 22.8 Å². The maximum Gasteiger partial charge on any atom is 0.348 e. The number of hydrogen-bond donors (Lipinski definition) is 2. The summed E-state index contributed by atoms with van der Waals surface area (Å²) in [6.07, 6.45) is 0. The predicted octanol–water partition coefficient (Wildman–Crippen LogP) is 1.63. The monoisotopic (exact) mass is 376 g/mol. The Balaban J connectivity index is 2.67. The molecule has 0 saturated carbocycles. The second-order valence-corrected chi connectivity index (χ2v) is 8.24. The highest BCUT2D eigenvalue weighted by atomic mass is 32.2. The summed E-state index contributed by atoms with van der Waals surface area (Å²) in [7, 11) is -4.45. The van der Waals surface area contributed by atoms with E-state index in [9.17, 15) is 27.9 Å². The van der Waals surface area contributed by atoms with E-state index in [2.05, 4.69) is 5.32 Å². The Morgan fingerprint density at radius 1 is 1.38 bits per heavy atom. The Kier molecular flexibility index (Phi) is 4.35. The number of ether oxygens (including phenoxy) is 1. The second-order valence-electron chi connectivity index (χ2n) is 5.50. The van der Waals surface area contributed by atoms with Gasteiger partial charge in [0.05, 0.1) is 6.61 Å². The van der Waals surface area contributed by atoms with E-state index in [0.29, 0.717) is 0 Å². The first-order valence-electron chi connectivity index (χ1n) is 6.86. The topological polar surface area (TPSA) is 130 Å². The van der Waals surface area contributed by atoms with Crippen LogP contribution in [0.4, 0.5) is 9.80 Å². The minimum Gasteiger partial charge on any atom is -0.479 e. The maximum absolute atomic E-state index is 12.8. The average molecular weight is 376 g/mol. The van der Waals surface area contributed by atoms with Gasteiger partial charge in [-0.15, -0.1) is 11.3 Å². The van der Waals surface area contributed by atoms with Crippen LogP contribution in [0, 0.1) is 6.92 Å². The number of rotatable bonds is 4. The lowest BCUT2D eigenvalue weighted by Crippen LogP contribution is -2.58. The first kappa shape index (κ1) is 18.2. The van der Waals surface area contributed by atoms with Crippen molar-refractivity contribution in [2.24, 2.45) is 0 Å². The molecule has 0 aliphatic carbocycles. The van der Waals surface area contributed by atoms with E-state index in [1.165, 1.54) is 6.92 Å². The summed E-state index contributed by atoms with van der Waals surface area (Å²) in [5, 5.41) is 11.6. The van der Waals surface area contributed by atoms with Crippen LogP contribution in [0.1, 0.15) is 36.0 Å². The molecule has 132 valence electrons. The molecule has 11 heteroatoms. The lowest BCUT2D eigenvalue weighted by molar-refractivity contribution is -0.145. The molecule has 0 radical (unpaired) electrons. The molecule has 0 bridgehead atoms. The lowest BCUT2D eigenvalue weighted by Gasteiger charge is -2.36. The van der Waals surface area contributed by atoms with Crippen LogP contribution in [0.3, 0.4) is 0 Å². The van der Waals surface area contributed by atoms with Gasteiger partial charge in [-0.05, 0) is 33.3 Å². The fourth-order valence-corrected chi connectivity index (χ4v) is 5.66. The minimum absolute atomic E-state index is 0.0296. The number of carbonyl (C=O) groups is 3. The summed E-state index contributed by atoms with van der Waals surface area (Å²) in [5.74, 6) is -2.19. The number of nitrogens with zero attached hydrogens (tertiary/aromatic N) is 1. The molecule has 1 aliphatic rings. The summed E-state index contributed by atoms with van der Waals surface area (Å²) < 4.78 is 30.8. The fraction of sp³-hybridized carbons (Fsp3) is 0.462. The van der Waals surface area contributed by atoms with Gasteiger partial charge >= 0.3 is 18.0 Å². The van der Waals surface area contributed by atoms with E-state index in [4.69, 9.17) is 4.74 Å². The Labute approximate surface area is 142 Å². The number of sulfonamides is 1. The molecule has 9 nitrogen and oxygen atoms in total. The Bertz CT molecular complexity index is 839. The molecule has 0 fully saturated rings. The Morgan fingerprint density at radius 3 is 2.46 bits per heavy atom. The molecule has 0 aromatic carbocycles. The zero-order chi connectivity index (χ0) is 18.4. The molecule has 2 N–H and O–H groups in total. The Hall–Kier alpha value is -2.14. The van der Waals surface area contributed by atoms with E-state index in [0.717, 1.165) is 25.2 Å². The van der Waals surface area contributed by atoms with Crippen molar-refractivity contribution in [2.75, 3.05) is 11.9 Å². The second kappa shape index (κ2) is 5.74. The van der Waals surface area contributed by atoms with Crippen LogP contribution in [-0.4, -0.2) is 47.9 Å². The number of thiophene rings is 1. The highest BCUT2D eigenvalue weighted by Gasteiger charge is 2.51. The van der Waals surface area contributed by atoms with Crippen molar-refractivity contribution in [2.45, 2.75) is 38.1 Å². The number of amides is 2. The van der Waals surface area contributed by atoms with Gasteiger partial charge in [0.1, 0.15) is 14.8 Å². The van der Waals surface area contributed by atoms with Crippen LogP contribution in [-0.2, 0) is 19.6 Å². The van der Waals surface area contributed by atoms with Crippen LogP contribution >= 0.6 is 11.3 Å². The third kappa shape index (κ3) is 2.53. The van der Waals surface area contributed by atoms with Gasteiger partial charge in [0.2, 0.25) is 0 Å². The largest absolute Gasteiger partial charge is 0.479 e. The number of hydrogen-bond acceptors (Lipinski definition) is 7. The van der Waals surface area contributed by atoms with Crippen molar-refractivity contribution in [3.8, 4) is 0 Å². The summed E-state index contributed by atoms with van der Waals surface area (Å²) in [6.45, 7) is 5.33. The molecule has 1 aromatic rings. The molecule has 0 atom stereocenters. The molecule has 1 aliphatic heterocycles. The van der Waals surface area contributed by atoms with E-state index in [1.54, 1.807) is 6.92 Å². The molecule has 0 spiro atoms.